The first-order valence-electron chi connectivity index (χ1n) is 12.6. The summed E-state index contributed by atoms with van der Waals surface area (Å²) in [6, 6.07) is 21.4. The summed E-state index contributed by atoms with van der Waals surface area (Å²) in [6.07, 6.45) is 0.372. The molecule has 0 aliphatic carbocycles. The molecule has 0 heterocycles. The minimum atomic E-state index is -4.10. The number of likely N-dealkylation sites (N-methyl/N-ethyl adjacent to an activating group) is 1. The molecule has 2 amide bonds. The Morgan fingerprint density at radius 2 is 1.63 bits per heavy atom. The van der Waals surface area contributed by atoms with Crippen molar-refractivity contribution in [2.75, 3.05) is 24.5 Å². The lowest BCUT2D eigenvalue weighted by atomic mass is 10.1. The quantitative estimate of drug-likeness (QED) is 0.375. The van der Waals surface area contributed by atoms with Crippen molar-refractivity contribution in [2.45, 2.75) is 44.7 Å². The van der Waals surface area contributed by atoms with Crippen LogP contribution in [0.4, 0.5) is 5.69 Å². The van der Waals surface area contributed by atoms with Crippen molar-refractivity contribution >= 4 is 27.5 Å². The van der Waals surface area contributed by atoms with Crippen LogP contribution in [0.1, 0.15) is 31.4 Å². The third-order valence-corrected chi connectivity index (χ3v) is 7.93. The van der Waals surface area contributed by atoms with Crippen LogP contribution in [0.25, 0.3) is 0 Å². The number of hydrogen-bond acceptors (Lipinski definition) is 5. The third kappa shape index (κ3) is 6.92. The maximum absolute atomic E-state index is 13.9. The third-order valence-electron chi connectivity index (χ3n) is 6.14. The Morgan fingerprint density at radius 3 is 2.21 bits per heavy atom. The summed E-state index contributed by atoms with van der Waals surface area (Å²) in [7, 11) is -2.58. The Bertz CT molecular complexity index is 1330. The van der Waals surface area contributed by atoms with E-state index in [2.05, 4.69) is 5.32 Å². The molecule has 8 nitrogen and oxygen atoms in total. The van der Waals surface area contributed by atoms with Crippen LogP contribution < -0.4 is 14.4 Å². The summed E-state index contributed by atoms with van der Waals surface area (Å²) in [5, 5.41) is 2.80. The largest absolute Gasteiger partial charge is 0.497 e. The molecule has 0 aliphatic rings. The van der Waals surface area contributed by atoms with Crippen molar-refractivity contribution in [2.24, 2.45) is 0 Å². The number of benzene rings is 3. The predicted octanol–water partition coefficient (Wildman–Crippen LogP) is 4.14. The molecule has 0 saturated carbocycles. The smallest absolute Gasteiger partial charge is 0.264 e. The van der Waals surface area contributed by atoms with Crippen LogP contribution in [0, 0.1) is 6.92 Å². The topological polar surface area (TPSA) is 96.0 Å². The number of anilines is 1. The van der Waals surface area contributed by atoms with Gasteiger partial charge < -0.3 is 15.0 Å². The number of ether oxygens (including phenoxy) is 1. The number of carbonyl (C=O) groups excluding carboxylic acids is 2. The molecule has 0 aliphatic heterocycles. The fourth-order valence-corrected chi connectivity index (χ4v) is 5.65. The number of nitrogens with zero attached hydrogens (tertiary/aromatic N) is 2. The van der Waals surface area contributed by atoms with Crippen LogP contribution in [-0.4, -0.2) is 51.4 Å². The molecule has 0 saturated heterocycles. The highest BCUT2D eigenvalue weighted by atomic mass is 32.2. The Kier molecular flexibility index (Phi) is 9.90. The van der Waals surface area contributed by atoms with Crippen molar-refractivity contribution in [1.82, 2.24) is 10.2 Å². The van der Waals surface area contributed by atoms with Gasteiger partial charge in [-0.25, -0.2) is 8.42 Å². The highest BCUT2D eigenvalue weighted by Gasteiger charge is 2.33. The number of methoxy groups -OCH3 is 1. The fraction of sp³-hybridized carbons (Fsp3) is 0.310. The van der Waals surface area contributed by atoms with Gasteiger partial charge in [0.25, 0.3) is 10.0 Å². The van der Waals surface area contributed by atoms with Crippen molar-refractivity contribution in [3.8, 4) is 5.75 Å². The Balaban J connectivity index is 2.05. The normalized spacial score (nSPS) is 11.9. The van der Waals surface area contributed by atoms with E-state index in [1.807, 2.05) is 45.0 Å². The summed E-state index contributed by atoms with van der Waals surface area (Å²) in [5.41, 5.74) is 2.18. The molecule has 3 rings (SSSR count). The van der Waals surface area contributed by atoms with E-state index in [4.69, 9.17) is 4.74 Å². The zero-order valence-corrected chi connectivity index (χ0v) is 23.1. The predicted molar refractivity (Wildman–Crippen MR) is 148 cm³/mol. The first kappa shape index (κ1) is 28.7. The van der Waals surface area contributed by atoms with Gasteiger partial charge in [-0.15, -0.1) is 0 Å². The molecule has 0 bridgehead atoms. The minimum Gasteiger partial charge on any atom is -0.497 e. The zero-order valence-electron chi connectivity index (χ0n) is 22.3. The van der Waals surface area contributed by atoms with Gasteiger partial charge in [0.15, 0.2) is 0 Å². The lowest BCUT2D eigenvalue weighted by molar-refractivity contribution is -0.140. The monoisotopic (exact) mass is 537 g/mol. The van der Waals surface area contributed by atoms with Gasteiger partial charge in [-0.2, -0.15) is 0 Å². The van der Waals surface area contributed by atoms with E-state index in [0.717, 1.165) is 15.4 Å². The molecule has 0 radical (unpaired) electrons. The zero-order chi connectivity index (χ0) is 27.7. The second-order valence-electron chi connectivity index (χ2n) is 8.85. The molecule has 202 valence electrons. The second-order valence-corrected chi connectivity index (χ2v) is 10.7. The van der Waals surface area contributed by atoms with Crippen LogP contribution in [0.3, 0.4) is 0 Å². The molecular weight excluding hydrogens is 502 g/mol. The molecule has 0 aromatic heterocycles. The number of carbonyl (C=O) groups is 2. The molecule has 0 unspecified atom stereocenters. The fourth-order valence-electron chi connectivity index (χ4n) is 4.22. The maximum atomic E-state index is 13.9. The highest BCUT2D eigenvalue weighted by Crippen LogP contribution is 2.26. The lowest BCUT2D eigenvalue weighted by Crippen LogP contribution is -2.52. The van der Waals surface area contributed by atoms with Gasteiger partial charge in [-0.1, -0.05) is 55.0 Å². The van der Waals surface area contributed by atoms with E-state index >= 15 is 0 Å². The van der Waals surface area contributed by atoms with E-state index in [-0.39, 0.29) is 17.3 Å². The molecule has 9 heteroatoms. The lowest BCUT2D eigenvalue weighted by Gasteiger charge is -2.33. The minimum absolute atomic E-state index is 0.0598. The van der Waals surface area contributed by atoms with Crippen molar-refractivity contribution in [3.63, 3.8) is 0 Å². The van der Waals surface area contributed by atoms with E-state index in [1.165, 1.54) is 24.1 Å². The molecule has 1 N–H and O–H groups in total. The van der Waals surface area contributed by atoms with Gasteiger partial charge in [0.05, 0.1) is 17.7 Å². The first-order valence-corrected chi connectivity index (χ1v) is 14.0. The number of rotatable bonds is 12. The van der Waals surface area contributed by atoms with Crippen molar-refractivity contribution in [1.29, 1.82) is 0 Å². The van der Waals surface area contributed by atoms with E-state index < -0.39 is 28.5 Å². The molecule has 3 aromatic carbocycles. The summed E-state index contributed by atoms with van der Waals surface area (Å²) in [6.45, 7) is 5.70. The van der Waals surface area contributed by atoms with Crippen LogP contribution in [0.15, 0.2) is 83.8 Å². The van der Waals surface area contributed by atoms with Crippen molar-refractivity contribution in [3.05, 3.63) is 90.0 Å². The average Bonchev–Trinajstić information content (AvgIpc) is 2.92. The molecule has 0 spiro atoms. The van der Waals surface area contributed by atoms with Crippen LogP contribution in [0.5, 0.6) is 5.75 Å². The van der Waals surface area contributed by atoms with Gasteiger partial charge in [0.1, 0.15) is 18.3 Å². The van der Waals surface area contributed by atoms with Gasteiger partial charge in [-0.3, -0.25) is 13.9 Å². The number of hydrogen-bond donors (Lipinski definition) is 1. The number of sulfonamides is 1. The summed E-state index contributed by atoms with van der Waals surface area (Å²) in [4.78, 5) is 28.4. The van der Waals surface area contributed by atoms with Gasteiger partial charge in [0.2, 0.25) is 11.8 Å². The van der Waals surface area contributed by atoms with Gasteiger partial charge in [-0.05, 0) is 62.2 Å². The van der Waals surface area contributed by atoms with Crippen LogP contribution >= 0.6 is 0 Å². The second kappa shape index (κ2) is 13.1. The standard InChI is InChI=1S/C29H35N3O5S/c1-5-27(29(34)30-6-2)31(20-23-12-10-11-22(3)19-23)28(33)21-32(24-15-17-25(37-4)18-16-24)38(35,36)26-13-8-7-9-14-26/h7-19,27H,5-6,20-21H2,1-4H3,(H,30,34)/t27-/m1/s1. The number of amides is 2. The molecule has 38 heavy (non-hydrogen) atoms. The van der Waals surface area contributed by atoms with Crippen LogP contribution in [0.2, 0.25) is 0 Å². The molecule has 3 aromatic rings. The van der Waals surface area contributed by atoms with Gasteiger partial charge in [0, 0.05) is 13.1 Å². The van der Waals surface area contributed by atoms with Crippen molar-refractivity contribution < 1.29 is 22.7 Å². The Morgan fingerprint density at radius 1 is 0.947 bits per heavy atom. The van der Waals surface area contributed by atoms with E-state index in [9.17, 15) is 18.0 Å². The highest BCUT2D eigenvalue weighted by molar-refractivity contribution is 7.92. The summed E-state index contributed by atoms with van der Waals surface area (Å²) < 4.78 is 33.8. The maximum Gasteiger partial charge on any atom is 0.264 e. The van der Waals surface area contributed by atoms with Gasteiger partial charge >= 0.3 is 0 Å². The average molecular weight is 538 g/mol. The summed E-state index contributed by atoms with van der Waals surface area (Å²) >= 11 is 0. The van der Waals surface area contributed by atoms with E-state index in [1.54, 1.807) is 42.5 Å². The van der Waals surface area contributed by atoms with Crippen LogP contribution in [-0.2, 0) is 26.2 Å². The Hall–Kier alpha value is -3.85. The molecule has 1 atom stereocenters. The Labute approximate surface area is 225 Å². The molecule has 0 fully saturated rings. The first-order chi connectivity index (χ1) is 18.2. The summed E-state index contributed by atoms with van der Waals surface area (Å²) in [5.74, 6) is -0.210. The molecular formula is C29H35N3O5S. The van der Waals surface area contributed by atoms with E-state index in [0.29, 0.717) is 24.4 Å². The number of aryl methyl sites for hydroxylation is 1. The number of nitrogens with one attached hydrogen (secondary N) is 1. The SMILES string of the molecule is CCNC(=O)[C@@H](CC)N(Cc1cccc(C)c1)C(=O)CN(c1ccc(OC)cc1)S(=O)(=O)c1ccccc1.